The summed E-state index contributed by atoms with van der Waals surface area (Å²) < 4.78 is 0. The summed E-state index contributed by atoms with van der Waals surface area (Å²) in [5, 5.41) is 5.52. The second kappa shape index (κ2) is 6.55. The van der Waals surface area contributed by atoms with E-state index in [-0.39, 0.29) is 6.04 Å². The molecule has 1 saturated carbocycles. The monoisotopic (exact) mass is 274 g/mol. The molecule has 0 unspecified atom stereocenters. The van der Waals surface area contributed by atoms with Crippen LogP contribution in [0, 0.1) is 12.8 Å². The fourth-order valence-electron chi connectivity index (χ4n) is 2.66. The normalized spacial score (nSPS) is 22.1. The van der Waals surface area contributed by atoms with Crippen molar-refractivity contribution in [1.29, 1.82) is 0 Å². The van der Waals surface area contributed by atoms with Gasteiger partial charge in [0.15, 0.2) is 0 Å². The zero-order chi connectivity index (χ0) is 14.5. The van der Waals surface area contributed by atoms with Gasteiger partial charge in [0.25, 0.3) is 0 Å². The van der Waals surface area contributed by atoms with Crippen LogP contribution in [0.5, 0.6) is 0 Å². The molecule has 2 amide bonds. The summed E-state index contributed by atoms with van der Waals surface area (Å²) >= 11 is 0. The van der Waals surface area contributed by atoms with Crippen molar-refractivity contribution in [1.82, 2.24) is 5.32 Å². The second-order valence-corrected chi connectivity index (χ2v) is 5.61. The number of nitrogens with one attached hydrogen (secondary N) is 2. The van der Waals surface area contributed by atoms with Crippen LogP contribution in [0.25, 0.3) is 0 Å². The van der Waals surface area contributed by atoms with Crippen LogP contribution in [-0.2, 0) is 9.59 Å². The van der Waals surface area contributed by atoms with Crippen LogP contribution in [0.2, 0.25) is 0 Å². The van der Waals surface area contributed by atoms with Crippen LogP contribution in [0.3, 0.4) is 0 Å². The number of anilines is 1. The van der Waals surface area contributed by atoms with Gasteiger partial charge in [-0.2, -0.15) is 0 Å². The molecule has 2 atom stereocenters. The van der Waals surface area contributed by atoms with Gasteiger partial charge in [-0.1, -0.05) is 38.0 Å². The molecule has 108 valence electrons. The molecule has 20 heavy (non-hydrogen) atoms. The summed E-state index contributed by atoms with van der Waals surface area (Å²) in [6.07, 6.45) is 4.41. The molecule has 1 aromatic rings. The Morgan fingerprint density at radius 2 is 1.80 bits per heavy atom. The quantitative estimate of drug-likeness (QED) is 0.814. The van der Waals surface area contributed by atoms with Crippen LogP contribution < -0.4 is 10.6 Å². The second-order valence-electron chi connectivity index (χ2n) is 5.61. The third kappa shape index (κ3) is 3.59. The van der Waals surface area contributed by atoms with Gasteiger partial charge in [0, 0.05) is 11.7 Å². The maximum absolute atomic E-state index is 11.9. The first-order valence-corrected chi connectivity index (χ1v) is 7.25. The number of para-hydroxylation sites is 1. The number of rotatable bonds is 2. The molecule has 0 spiro atoms. The highest BCUT2D eigenvalue weighted by Crippen LogP contribution is 2.23. The molecule has 0 radical (unpaired) electrons. The van der Waals surface area contributed by atoms with E-state index in [0.29, 0.717) is 11.6 Å². The smallest absolute Gasteiger partial charge is 0.313 e. The summed E-state index contributed by atoms with van der Waals surface area (Å²) in [5.74, 6) is -0.678. The Morgan fingerprint density at radius 1 is 1.10 bits per heavy atom. The molecule has 2 N–H and O–H groups in total. The van der Waals surface area contributed by atoms with Crippen LogP contribution >= 0.6 is 0 Å². The summed E-state index contributed by atoms with van der Waals surface area (Å²) in [6.45, 7) is 4.03. The Bertz CT molecular complexity index is 499. The molecule has 0 heterocycles. The lowest BCUT2D eigenvalue weighted by molar-refractivity contribution is -0.137. The Hall–Kier alpha value is -1.84. The minimum atomic E-state index is -0.586. The average Bonchev–Trinajstić information content (AvgIpc) is 2.43. The van der Waals surface area contributed by atoms with E-state index in [9.17, 15) is 9.59 Å². The topological polar surface area (TPSA) is 58.2 Å². The Labute approximate surface area is 119 Å². The molecule has 0 bridgehead atoms. The number of benzene rings is 1. The lowest BCUT2D eigenvalue weighted by Gasteiger charge is -2.29. The van der Waals surface area contributed by atoms with Crippen molar-refractivity contribution in [2.24, 2.45) is 5.92 Å². The van der Waals surface area contributed by atoms with Gasteiger partial charge in [-0.3, -0.25) is 9.59 Å². The van der Waals surface area contributed by atoms with Crippen molar-refractivity contribution < 1.29 is 9.59 Å². The van der Waals surface area contributed by atoms with E-state index in [1.54, 1.807) is 6.07 Å². The summed E-state index contributed by atoms with van der Waals surface area (Å²) in [5.41, 5.74) is 1.63. The minimum absolute atomic E-state index is 0.124. The molecule has 4 heteroatoms. The van der Waals surface area contributed by atoms with Crippen molar-refractivity contribution >= 4 is 17.5 Å². The molecule has 1 aliphatic rings. The molecular weight excluding hydrogens is 252 g/mol. The minimum Gasteiger partial charge on any atom is -0.345 e. The standard InChI is InChI=1S/C16H22N2O2/c1-11-7-3-5-9-13(11)17-15(19)16(20)18-14-10-6-4-8-12(14)2/h3,5,7,9,12,14H,4,6,8,10H2,1-2H3,(H,17,19)(H,18,20)/t12-,14+/m1/s1. The van der Waals surface area contributed by atoms with E-state index >= 15 is 0 Å². The van der Waals surface area contributed by atoms with Gasteiger partial charge < -0.3 is 10.6 Å². The predicted octanol–water partition coefficient (Wildman–Crippen LogP) is 2.63. The number of aryl methyl sites for hydroxylation is 1. The van der Waals surface area contributed by atoms with E-state index in [2.05, 4.69) is 17.6 Å². The third-order valence-electron chi connectivity index (χ3n) is 4.03. The van der Waals surface area contributed by atoms with E-state index in [0.717, 1.165) is 24.8 Å². The van der Waals surface area contributed by atoms with Crippen LogP contribution in [-0.4, -0.2) is 17.9 Å². The Kier molecular flexibility index (Phi) is 4.77. The molecule has 4 nitrogen and oxygen atoms in total. The summed E-state index contributed by atoms with van der Waals surface area (Å²) in [6, 6.07) is 7.55. The zero-order valence-electron chi connectivity index (χ0n) is 12.1. The Balaban J connectivity index is 1.92. The SMILES string of the molecule is Cc1ccccc1NC(=O)C(=O)N[C@H]1CCCC[C@H]1C. The first-order chi connectivity index (χ1) is 9.58. The Morgan fingerprint density at radius 3 is 2.50 bits per heavy atom. The van der Waals surface area contributed by atoms with Gasteiger partial charge in [0.1, 0.15) is 0 Å². The molecular formula is C16H22N2O2. The number of hydrogen-bond donors (Lipinski definition) is 2. The maximum atomic E-state index is 11.9. The molecule has 1 aromatic carbocycles. The lowest BCUT2D eigenvalue weighted by Crippen LogP contribution is -2.45. The first kappa shape index (κ1) is 14.6. The molecule has 2 rings (SSSR count). The largest absolute Gasteiger partial charge is 0.345 e. The highest BCUT2D eigenvalue weighted by atomic mass is 16.2. The van der Waals surface area contributed by atoms with Gasteiger partial charge >= 0.3 is 11.8 Å². The average molecular weight is 274 g/mol. The molecule has 0 saturated heterocycles. The molecule has 0 aliphatic heterocycles. The lowest BCUT2D eigenvalue weighted by atomic mass is 9.86. The molecule has 1 aliphatic carbocycles. The van der Waals surface area contributed by atoms with Crippen molar-refractivity contribution in [3.63, 3.8) is 0 Å². The number of carbonyl (C=O) groups is 2. The van der Waals surface area contributed by atoms with Crippen LogP contribution in [0.1, 0.15) is 38.2 Å². The van der Waals surface area contributed by atoms with Gasteiger partial charge in [0.2, 0.25) is 0 Å². The number of amides is 2. The molecule has 0 aromatic heterocycles. The highest BCUT2D eigenvalue weighted by Gasteiger charge is 2.25. The summed E-state index contributed by atoms with van der Waals surface area (Å²) in [7, 11) is 0. The van der Waals surface area contributed by atoms with E-state index in [1.165, 1.54) is 6.42 Å². The summed E-state index contributed by atoms with van der Waals surface area (Å²) in [4.78, 5) is 23.9. The number of carbonyl (C=O) groups excluding carboxylic acids is 2. The fourth-order valence-corrected chi connectivity index (χ4v) is 2.66. The van der Waals surface area contributed by atoms with Gasteiger partial charge in [0.05, 0.1) is 0 Å². The first-order valence-electron chi connectivity index (χ1n) is 7.25. The van der Waals surface area contributed by atoms with Crippen molar-refractivity contribution in [3.8, 4) is 0 Å². The fraction of sp³-hybridized carbons (Fsp3) is 0.500. The third-order valence-corrected chi connectivity index (χ3v) is 4.03. The van der Waals surface area contributed by atoms with Crippen molar-refractivity contribution in [3.05, 3.63) is 29.8 Å². The van der Waals surface area contributed by atoms with E-state index in [1.807, 2.05) is 25.1 Å². The van der Waals surface area contributed by atoms with Crippen molar-refractivity contribution in [2.45, 2.75) is 45.6 Å². The van der Waals surface area contributed by atoms with Crippen molar-refractivity contribution in [2.75, 3.05) is 5.32 Å². The van der Waals surface area contributed by atoms with Gasteiger partial charge in [-0.15, -0.1) is 0 Å². The van der Waals surface area contributed by atoms with Crippen LogP contribution in [0.4, 0.5) is 5.69 Å². The van der Waals surface area contributed by atoms with E-state index in [4.69, 9.17) is 0 Å². The maximum Gasteiger partial charge on any atom is 0.313 e. The zero-order valence-corrected chi connectivity index (χ0v) is 12.1. The van der Waals surface area contributed by atoms with Gasteiger partial charge in [-0.25, -0.2) is 0 Å². The van der Waals surface area contributed by atoms with Crippen LogP contribution in [0.15, 0.2) is 24.3 Å². The van der Waals surface area contributed by atoms with Gasteiger partial charge in [-0.05, 0) is 37.3 Å². The highest BCUT2D eigenvalue weighted by molar-refractivity contribution is 6.39. The molecule has 1 fully saturated rings. The predicted molar refractivity (Wildman–Crippen MR) is 79.4 cm³/mol. The number of hydrogen-bond acceptors (Lipinski definition) is 2. The van der Waals surface area contributed by atoms with E-state index < -0.39 is 11.8 Å².